The smallest absolute Gasteiger partial charge is 0.368 e. The van der Waals surface area contributed by atoms with E-state index in [9.17, 15) is 22.8 Å². The first kappa shape index (κ1) is 18.8. The number of halogens is 3. The molecule has 1 fully saturated rings. The van der Waals surface area contributed by atoms with Gasteiger partial charge in [0.1, 0.15) is 5.82 Å². The van der Waals surface area contributed by atoms with Crippen molar-refractivity contribution in [3.63, 3.8) is 0 Å². The quantitative estimate of drug-likeness (QED) is 0.671. The van der Waals surface area contributed by atoms with Crippen LogP contribution in [0.25, 0.3) is 0 Å². The summed E-state index contributed by atoms with van der Waals surface area (Å²) in [5.41, 5.74) is -0.865. The van der Waals surface area contributed by atoms with E-state index in [0.29, 0.717) is 13.1 Å². The molecule has 138 valence electrons. The Balaban J connectivity index is 1.67. The average molecular weight is 359 g/mol. The van der Waals surface area contributed by atoms with Gasteiger partial charge in [0, 0.05) is 32.4 Å². The summed E-state index contributed by atoms with van der Waals surface area (Å²) in [7, 11) is 0. The van der Waals surface area contributed by atoms with Crippen molar-refractivity contribution in [2.24, 2.45) is 0 Å². The molecule has 1 aliphatic rings. The number of alkyl halides is 3. The van der Waals surface area contributed by atoms with Gasteiger partial charge >= 0.3 is 12.2 Å². The van der Waals surface area contributed by atoms with Crippen LogP contribution in [0.3, 0.4) is 0 Å². The summed E-state index contributed by atoms with van der Waals surface area (Å²) in [6.45, 7) is 1.46. The van der Waals surface area contributed by atoms with Crippen LogP contribution in [0.5, 0.6) is 0 Å². The second-order valence-corrected chi connectivity index (χ2v) is 5.52. The average Bonchev–Trinajstić information content (AvgIpc) is 3.10. The Morgan fingerprint density at radius 1 is 1.16 bits per heavy atom. The van der Waals surface area contributed by atoms with Crippen molar-refractivity contribution in [3.05, 3.63) is 23.9 Å². The minimum Gasteiger partial charge on any atom is -0.368 e. The van der Waals surface area contributed by atoms with E-state index in [0.717, 1.165) is 18.9 Å². The number of nitrogens with zero attached hydrogens (tertiary/aromatic N) is 2. The third-order valence-electron chi connectivity index (χ3n) is 3.68. The number of amides is 3. The number of carbonyl (C=O) groups is 2. The molecule has 0 spiro atoms. The number of anilines is 1. The monoisotopic (exact) mass is 359 g/mol. The number of carbonyl (C=O) groups excluding carboxylic acids is 2. The minimum atomic E-state index is -4.50. The van der Waals surface area contributed by atoms with Crippen LogP contribution in [0, 0.1) is 0 Å². The van der Waals surface area contributed by atoms with Gasteiger partial charge in [-0.05, 0) is 25.0 Å². The highest BCUT2D eigenvalue weighted by atomic mass is 19.4. The molecule has 0 radical (unpaired) electrons. The van der Waals surface area contributed by atoms with E-state index in [1.807, 2.05) is 0 Å². The summed E-state index contributed by atoms with van der Waals surface area (Å²) in [5.74, 6) is -0.435. The molecule has 1 saturated heterocycles. The summed E-state index contributed by atoms with van der Waals surface area (Å²) >= 11 is 0. The molecule has 3 amide bonds. The minimum absolute atomic E-state index is 0.0631. The molecule has 7 nitrogen and oxygen atoms in total. The number of nitrogens with one attached hydrogen (secondary N) is 3. The van der Waals surface area contributed by atoms with E-state index >= 15 is 0 Å². The molecule has 2 rings (SSSR count). The molecule has 1 aromatic rings. The van der Waals surface area contributed by atoms with Crippen LogP contribution in [0.15, 0.2) is 18.3 Å². The Morgan fingerprint density at radius 3 is 2.56 bits per heavy atom. The molecule has 0 unspecified atom stereocenters. The molecule has 25 heavy (non-hydrogen) atoms. The molecule has 3 N–H and O–H groups in total. The van der Waals surface area contributed by atoms with Gasteiger partial charge in [-0.2, -0.15) is 13.2 Å². The Labute approximate surface area is 143 Å². The van der Waals surface area contributed by atoms with Crippen molar-refractivity contribution < 1.29 is 22.8 Å². The molecule has 0 aliphatic carbocycles. The predicted octanol–water partition coefficient (Wildman–Crippen LogP) is 1.43. The first-order chi connectivity index (χ1) is 11.9. The van der Waals surface area contributed by atoms with Gasteiger partial charge in [0.05, 0.1) is 12.1 Å². The zero-order chi connectivity index (χ0) is 18.3. The zero-order valence-electron chi connectivity index (χ0n) is 13.5. The summed E-state index contributed by atoms with van der Waals surface area (Å²) in [4.78, 5) is 28.7. The lowest BCUT2D eigenvalue weighted by Gasteiger charge is -2.16. The maximum absolute atomic E-state index is 12.8. The van der Waals surface area contributed by atoms with Crippen LogP contribution in [0.4, 0.5) is 23.8 Å². The van der Waals surface area contributed by atoms with Crippen molar-refractivity contribution in [2.45, 2.75) is 19.0 Å². The van der Waals surface area contributed by atoms with Gasteiger partial charge in [0.2, 0.25) is 5.91 Å². The van der Waals surface area contributed by atoms with Crippen LogP contribution < -0.4 is 16.0 Å². The Hall–Kier alpha value is -2.52. The lowest BCUT2D eigenvalue weighted by atomic mass is 10.2. The fraction of sp³-hybridized carbons (Fsp3) is 0.533. The van der Waals surface area contributed by atoms with Crippen molar-refractivity contribution in [3.8, 4) is 0 Å². The van der Waals surface area contributed by atoms with Crippen molar-refractivity contribution in [1.82, 2.24) is 20.5 Å². The maximum atomic E-state index is 12.8. The third kappa shape index (κ3) is 5.80. The van der Waals surface area contributed by atoms with E-state index < -0.39 is 17.8 Å². The molecular weight excluding hydrogens is 339 g/mol. The van der Waals surface area contributed by atoms with Crippen molar-refractivity contribution in [1.29, 1.82) is 0 Å². The molecular formula is C15H20F3N5O2. The highest BCUT2D eigenvalue weighted by Gasteiger charge is 2.33. The highest BCUT2D eigenvalue weighted by molar-refractivity contribution is 5.84. The van der Waals surface area contributed by atoms with Gasteiger partial charge < -0.3 is 20.9 Å². The van der Waals surface area contributed by atoms with E-state index in [1.165, 1.54) is 12.3 Å². The lowest BCUT2D eigenvalue weighted by molar-refractivity contribution is -0.137. The van der Waals surface area contributed by atoms with E-state index in [4.69, 9.17) is 0 Å². The van der Waals surface area contributed by atoms with Crippen LogP contribution in [-0.2, 0) is 11.0 Å². The van der Waals surface area contributed by atoms with E-state index in [2.05, 4.69) is 20.9 Å². The van der Waals surface area contributed by atoms with Gasteiger partial charge in [0.15, 0.2) is 0 Å². The number of hydrogen-bond donors (Lipinski definition) is 3. The highest BCUT2D eigenvalue weighted by Crippen LogP contribution is 2.33. The first-order valence-corrected chi connectivity index (χ1v) is 7.93. The van der Waals surface area contributed by atoms with Gasteiger partial charge in [-0.3, -0.25) is 4.79 Å². The van der Waals surface area contributed by atoms with E-state index in [-0.39, 0.29) is 31.4 Å². The van der Waals surface area contributed by atoms with Crippen LogP contribution in [-0.4, -0.2) is 54.5 Å². The summed E-state index contributed by atoms with van der Waals surface area (Å²) in [5, 5.41) is 7.43. The summed E-state index contributed by atoms with van der Waals surface area (Å²) in [6.07, 6.45) is -1.31. The number of urea groups is 1. The summed E-state index contributed by atoms with van der Waals surface area (Å²) in [6, 6.07) is 1.59. The molecule has 2 heterocycles. The fourth-order valence-electron chi connectivity index (χ4n) is 2.43. The number of likely N-dealkylation sites (tertiary alicyclic amines) is 1. The van der Waals surface area contributed by atoms with Gasteiger partial charge in [-0.15, -0.1) is 0 Å². The van der Waals surface area contributed by atoms with Gasteiger partial charge in [0.25, 0.3) is 0 Å². The number of pyridine rings is 1. The second kappa shape index (κ2) is 8.54. The standard InChI is InChI=1S/C15H20F3N5O2/c16-15(17,18)11-4-3-5-19-13(11)20-6-7-21-14(25)22-10-12(24)23-8-1-2-9-23/h3-5H,1-2,6-10H2,(H,19,20)(H2,21,22,25). The van der Waals surface area contributed by atoms with Crippen LogP contribution >= 0.6 is 0 Å². The molecule has 0 aromatic carbocycles. The molecule has 1 aliphatic heterocycles. The third-order valence-corrected chi connectivity index (χ3v) is 3.68. The Kier molecular flexibility index (Phi) is 6.43. The first-order valence-electron chi connectivity index (χ1n) is 7.93. The van der Waals surface area contributed by atoms with Crippen molar-refractivity contribution in [2.75, 3.05) is 38.0 Å². The normalized spacial score (nSPS) is 14.3. The topological polar surface area (TPSA) is 86.4 Å². The fourth-order valence-corrected chi connectivity index (χ4v) is 2.43. The molecule has 0 saturated carbocycles. The maximum Gasteiger partial charge on any atom is 0.419 e. The zero-order valence-corrected chi connectivity index (χ0v) is 13.5. The molecule has 0 atom stereocenters. The largest absolute Gasteiger partial charge is 0.419 e. The Bertz CT molecular complexity index is 603. The number of rotatable bonds is 6. The second-order valence-electron chi connectivity index (χ2n) is 5.52. The van der Waals surface area contributed by atoms with Crippen LogP contribution in [0.2, 0.25) is 0 Å². The van der Waals surface area contributed by atoms with Gasteiger partial charge in [-0.1, -0.05) is 0 Å². The van der Waals surface area contributed by atoms with E-state index in [1.54, 1.807) is 4.90 Å². The summed E-state index contributed by atoms with van der Waals surface area (Å²) < 4.78 is 38.4. The van der Waals surface area contributed by atoms with Gasteiger partial charge in [-0.25, -0.2) is 9.78 Å². The molecule has 0 bridgehead atoms. The molecule has 10 heteroatoms. The Morgan fingerprint density at radius 2 is 1.88 bits per heavy atom. The van der Waals surface area contributed by atoms with Crippen LogP contribution in [0.1, 0.15) is 18.4 Å². The molecule has 1 aromatic heterocycles. The van der Waals surface area contributed by atoms with Crippen molar-refractivity contribution >= 4 is 17.8 Å². The SMILES string of the molecule is O=C(NCCNc1ncccc1C(F)(F)F)NCC(=O)N1CCCC1. The number of hydrogen-bond acceptors (Lipinski definition) is 4. The number of aromatic nitrogens is 1. The predicted molar refractivity (Wildman–Crippen MR) is 84.9 cm³/mol. The lowest BCUT2D eigenvalue weighted by Crippen LogP contribution is -2.44.